The summed E-state index contributed by atoms with van der Waals surface area (Å²) in [7, 11) is 0. The van der Waals surface area contributed by atoms with Crippen molar-refractivity contribution in [3.8, 4) is 0 Å². The average Bonchev–Trinajstić information content (AvgIpc) is 3.20. The molecule has 0 atom stereocenters. The van der Waals surface area contributed by atoms with E-state index < -0.39 is 0 Å². The molecule has 0 spiro atoms. The zero-order valence-corrected chi connectivity index (χ0v) is 12.3. The van der Waals surface area contributed by atoms with Crippen LogP contribution in [-0.4, -0.2) is 6.54 Å². The number of nitrogens with one attached hydrogen (secondary N) is 1. The maximum Gasteiger partial charge on any atom is 0.0205 e. The Hall–Kier alpha value is -0.820. The van der Waals surface area contributed by atoms with Crippen LogP contribution in [-0.2, 0) is 6.54 Å². The van der Waals surface area contributed by atoms with E-state index in [4.69, 9.17) is 0 Å². The van der Waals surface area contributed by atoms with Crippen molar-refractivity contribution in [3.05, 3.63) is 35.4 Å². The van der Waals surface area contributed by atoms with Gasteiger partial charge >= 0.3 is 0 Å². The van der Waals surface area contributed by atoms with Crippen molar-refractivity contribution in [2.75, 3.05) is 6.54 Å². The molecular weight excluding hydrogens is 230 g/mol. The first-order chi connectivity index (χ1) is 9.31. The summed E-state index contributed by atoms with van der Waals surface area (Å²) in [6, 6.07) is 9.21. The van der Waals surface area contributed by atoms with Gasteiger partial charge in [-0.3, -0.25) is 0 Å². The minimum absolute atomic E-state index is 0.605. The molecule has 104 valence electrons. The second kappa shape index (κ2) is 5.66. The molecule has 0 aromatic heterocycles. The van der Waals surface area contributed by atoms with E-state index in [2.05, 4.69) is 36.5 Å². The van der Waals surface area contributed by atoms with Gasteiger partial charge in [0.1, 0.15) is 0 Å². The largest absolute Gasteiger partial charge is 0.312 e. The highest BCUT2D eigenvalue weighted by Gasteiger charge is 2.31. The molecule has 0 unspecified atom stereocenters. The highest BCUT2D eigenvalue weighted by Crippen LogP contribution is 2.41. The standard InChI is InChI=1S/C18H27N/c1-2-18(10-3-4-11-18)14-19-13-15-6-5-7-17(12-15)16-8-9-16/h5-7,12,16,19H,2-4,8-11,13-14H2,1H3. The van der Waals surface area contributed by atoms with Crippen LogP contribution >= 0.6 is 0 Å². The van der Waals surface area contributed by atoms with Gasteiger partial charge in [0.25, 0.3) is 0 Å². The van der Waals surface area contributed by atoms with Crippen molar-refractivity contribution >= 4 is 0 Å². The minimum Gasteiger partial charge on any atom is -0.312 e. The molecule has 2 aliphatic rings. The van der Waals surface area contributed by atoms with Crippen molar-refractivity contribution in [2.45, 2.75) is 64.3 Å². The molecule has 2 saturated carbocycles. The van der Waals surface area contributed by atoms with Crippen LogP contribution in [0.2, 0.25) is 0 Å². The van der Waals surface area contributed by atoms with E-state index in [1.807, 2.05) is 0 Å². The summed E-state index contributed by atoms with van der Waals surface area (Å²) in [4.78, 5) is 0. The van der Waals surface area contributed by atoms with Crippen LogP contribution in [0.5, 0.6) is 0 Å². The Bertz CT molecular complexity index is 413. The lowest BCUT2D eigenvalue weighted by atomic mass is 9.83. The molecule has 1 heteroatoms. The van der Waals surface area contributed by atoms with Gasteiger partial charge in [-0.2, -0.15) is 0 Å². The Balaban J connectivity index is 1.52. The highest BCUT2D eigenvalue weighted by molar-refractivity contribution is 5.29. The lowest BCUT2D eigenvalue weighted by Gasteiger charge is -2.27. The van der Waals surface area contributed by atoms with E-state index in [-0.39, 0.29) is 0 Å². The first kappa shape index (κ1) is 13.2. The third-order valence-electron chi connectivity index (χ3n) is 5.24. The summed E-state index contributed by atoms with van der Waals surface area (Å²) >= 11 is 0. The molecule has 2 fully saturated rings. The van der Waals surface area contributed by atoms with Crippen LogP contribution in [0.4, 0.5) is 0 Å². The maximum absolute atomic E-state index is 3.72. The number of hydrogen-bond donors (Lipinski definition) is 1. The van der Waals surface area contributed by atoms with E-state index in [1.54, 1.807) is 5.56 Å². The normalized spacial score (nSPS) is 21.7. The third kappa shape index (κ3) is 3.20. The van der Waals surface area contributed by atoms with Crippen LogP contribution in [0, 0.1) is 5.41 Å². The summed E-state index contributed by atoms with van der Waals surface area (Å²) < 4.78 is 0. The number of rotatable bonds is 6. The van der Waals surface area contributed by atoms with Crippen LogP contribution < -0.4 is 5.32 Å². The first-order valence-electron chi connectivity index (χ1n) is 8.11. The summed E-state index contributed by atoms with van der Waals surface area (Å²) in [5.74, 6) is 0.872. The molecule has 1 nitrogen and oxygen atoms in total. The van der Waals surface area contributed by atoms with E-state index in [0.717, 1.165) is 12.5 Å². The van der Waals surface area contributed by atoms with Gasteiger partial charge < -0.3 is 5.32 Å². The molecule has 0 heterocycles. The molecule has 3 rings (SSSR count). The first-order valence-corrected chi connectivity index (χ1v) is 8.11. The zero-order valence-electron chi connectivity index (χ0n) is 12.3. The van der Waals surface area contributed by atoms with Gasteiger partial charge in [0.05, 0.1) is 0 Å². The van der Waals surface area contributed by atoms with Gasteiger partial charge in [-0.25, -0.2) is 0 Å². The second-order valence-electron chi connectivity index (χ2n) is 6.68. The van der Waals surface area contributed by atoms with Gasteiger partial charge in [0, 0.05) is 13.1 Å². The van der Waals surface area contributed by atoms with Crippen LogP contribution in [0.25, 0.3) is 0 Å². The topological polar surface area (TPSA) is 12.0 Å². The van der Waals surface area contributed by atoms with Gasteiger partial charge in [0.15, 0.2) is 0 Å². The Morgan fingerprint density at radius 1 is 1.21 bits per heavy atom. The van der Waals surface area contributed by atoms with Gasteiger partial charge in [-0.15, -0.1) is 0 Å². The molecule has 0 bridgehead atoms. The molecule has 1 aromatic rings. The lowest BCUT2D eigenvalue weighted by Crippen LogP contribution is -2.31. The highest BCUT2D eigenvalue weighted by atomic mass is 14.9. The van der Waals surface area contributed by atoms with Gasteiger partial charge in [0.2, 0.25) is 0 Å². The smallest absolute Gasteiger partial charge is 0.0205 e. The maximum atomic E-state index is 3.72. The predicted molar refractivity (Wildman–Crippen MR) is 81.3 cm³/mol. The quantitative estimate of drug-likeness (QED) is 0.784. The van der Waals surface area contributed by atoms with Crippen LogP contribution in [0.1, 0.15) is 68.9 Å². The van der Waals surface area contributed by atoms with Crippen LogP contribution in [0.15, 0.2) is 24.3 Å². The molecule has 1 N–H and O–H groups in total. The Morgan fingerprint density at radius 3 is 2.68 bits per heavy atom. The van der Waals surface area contributed by atoms with E-state index in [9.17, 15) is 0 Å². The molecular formula is C18H27N. The van der Waals surface area contributed by atoms with Crippen molar-refractivity contribution in [3.63, 3.8) is 0 Å². The third-order valence-corrected chi connectivity index (χ3v) is 5.24. The number of hydrogen-bond acceptors (Lipinski definition) is 1. The van der Waals surface area contributed by atoms with Crippen molar-refractivity contribution in [2.24, 2.45) is 5.41 Å². The van der Waals surface area contributed by atoms with Crippen molar-refractivity contribution < 1.29 is 0 Å². The molecule has 19 heavy (non-hydrogen) atoms. The molecule has 0 saturated heterocycles. The Kier molecular flexibility index (Phi) is 3.93. The summed E-state index contributed by atoms with van der Waals surface area (Å²) in [6.45, 7) is 4.61. The number of benzene rings is 1. The van der Waals surface area contributed by atoms with E-state index in [1.165, 1.54) is 57.1 Å². The SMILES string of the molecule is CCC1(CNCc2cccc(C3CC3)c2)CCCC1. The fourth-order valence-corrected chi connectivity index (χ4v) is 3.63. The fraction of sp³-hybridized carbons (Fsp3) is 0.667. The fourth-order valence-electron chi connectivity index (χ4n) is 3.63. The van der Waals surface area contributed by atoms with Gasteiger partial charge in [-0.1, -0.05) is 44.0 Å². The Labute approximate surface area is 117 Å². The van der Waals surface area contributed by atoms with Gasteiger partial charge in [-0.05, 0) is 54.6 Å². The molecule has 0 aliphatic heterocycles. The van der Waals surface area contributed by atoms with E-state index >= 15 is 0 Å². The average molecular weight is 257 g/mol. The minimum atomic E-state index is 0.605. The summed E-state index contributed by atoms with van der Waals surface area (Å²) in [5.41, 5.74) is 3.63. The summed E-state index contributed by atoms with van der Waals surface area (Å²) in [6.07, 6.45) is 9.87. The Morgan fingerprint density at radius 2 is 2.00 bits per heavy atom. The second-order valence-corrected chi connectivity index (χ2v) is 6.68. The van der Waals surface area contributed by atoms with Crippen molar-refractivity contribution in [1.82, 2.24) is 5.32 Å². The summed E-state index contributed by atoms with van der Waals surface area (Å²) in [5, 5.41) is 3.72. The van der Waals surface area contributed by atoms with Crippen molar-refractivity contribution in [1.29, 1.82) is 0 Å². The molecule has 1 aromatic carbocycles. The monoisotopic (exact) mass is 257 g/mol. The van der Waals surface area contributed by atoms with Crippen LogP contribution in [0.3, 0.4) is 0 Å². The molecule has 0 amide bonds. The predicted octanol–water partition coefficient (Wildman–Crippen LogP) is 4.62. The molecule has 0 radical (unpaired) electrons. The lowest BCUT2D eigenvalue weighted by molar-refractivity contribution is 0.268. The van der Waals surface area contributed by atoms with E-state index in [0.29, 0.717) is 5.41 Å². The zero-order chi connectivity index (χ0) is 13.1. The molecule has 2 aliphatic carbocycles.